The molecule has 0 aromatic carbocycles. The van der Waals surface area contributed by atoms with Crippen molar-refractivity contribution in [2.75, 3.05) is 0 Å². The molecule has 0 aliphatic heterocycles. The minimum absolute atomic E-state index is 0.488. The summed E-state index contributed by atoms with van der Waals surface area (Å²) in [7, 11) is 0. The van der Waals surface area contributed by atoms with Gasteiger partial charge in [-0.25, -0.2) is 4.98 Å². The Morgan fingerprint density at radius 1 is 1.53 bits per heavy atom. The van der Waals surface area contributed by atoms with Crippen LogP contribution in [0.5, 0.6) is 0 Å². The van der Waals surface area contributed by atoms with Crippen molar-refractivity contribution in [1.29, 1.82) is 0 Å². The Labute approximate surface area is 101 Å². The van der Waals surface area contributed by atoms with E-state index in [9.17, 15) is 9.90 Å². The minimum atomic E-state index is -0.985. The van der Waals surface area contributed by atoms with Crippen molar-refractivity contribution >= 4 is 5.97 Å². The van der Waals surface area contributed by atoms with Crippen LogP contribution in [0.2, 0.25) is 0 Å². The molecule has 1 aromatic rings. The maximum absolute atomic E-state index is 11.2. The fourth-order valence-electron chi connectivity index (χ4n) is 1.89. The molecule has 96 valence electrons. The molecule has 0 spiro atoms. The van der Waals surface area contributed by atoms with Gasteiger partial charge < -0.3 is 14.8 Å². The van der Waals surface area contributed by atoms with Crippen LogP contribution in [0.4, 0.5) is 0 Å². The van der Waals surface area contributed by atoms with Crippen molar-refractivity contribution < 1.29 is 15.0 Å². The van der Waals surface area contributed by atoms with Crippen LogP contribution in [0.25, 0.3) is 0 Å². The first kappa shape index (κ1) is 13.7. The topological polar surface area (TPSA) is 75.3 Å². The number of aliphatic hydroxyl groups excluding tert-OH is 1. The van der Waals surface area contributed by atoms with E-state index in [1.54, 1.807) is 10.9 Å². The van der Waals surface area contributed by atoms with Gasteiger partial charge >= 0.3 is 5.97 Å². The lowest BCUT2D eigenvalue weighted by Crippen LogP contribution is -2.23. The summed E-state index contributed by atoms with van der Waals surface area (Å²) in [5, 5.41) is 19.3. The second-order valence-corrected chi connectivity index (χ2v) is 4.14. The van der Waals surface area contributed by atoms with Gasteiger partial charge in [-0.05, 0) is 13.3 Å². The number of aliphatic carboxylic acids is 1. The molecule has 5 nitrogen and oxygen atoms in total. The lowest BCUT2D eigenvalue weighted by molar-refractivity contribution is -0.146. The van der Waals surface area contributed by atoms with Gasteiger partial charge in [0.1, 0.15) is 6.10 Å². The molecule has 1 rings (SSSR count). The van der Waals surface area contributed by atoms with Crippen molar-refractivity contribution in [3.8, 4) is 0 Å². The Morgan fingerprint density at radius 2 is 2.24 bits per heavy atom. The smallest absolute Gasteiger partial charge is 0.309 e. The van der Waals surface area contributed by atoms with E-state index >= 15 is 0 Å². The molecule has 5 heteroatoms. The number of aromatic nitrogens is 2. The molecule has 0 saturated heterocycles. The van der Waals surface area contributed by atoms with Gasteiger partial charge in [0.25, 0.3) is 0 Å². The second kappa shape index (κ2) is 6.39. The maximum atomic E-state index is 11.2. The van der Waals surface area contributed by atoms with E-state index in [-0.39, 0.29) is 0 Å². The van der Waals surface area contributed by atoms with E-state index in [4.69, 9.17) is 5.11 Å². The van der Waals surface area contributed by atoms with Gasteiger partial charge in [-0.1, -0.05) is 19.8 Å². The van der Waals surface area contributed by atoms with Gasteiger partial charge in [0.05, 0.1) is 24.1 Å². The molecule has 2 unspecified atom stereocenters. The first-order chi connectivity index (χ1) is 8.11. The Morgan fingerprint density at radius 3 is 2.76 bits per heavy atom. The zero-order chi connectivity index (χ0) is 12.8. The summed E-state index contributed by atoms with van der Waals surface area (Å²) < 4.78 is 1.77. The third-order valence-corrected chi connectivity index (χ3v) is 2.96. The highest BCUT2D eigenvalue weighted by atomic mass is 16.4. The number of carboxylic acid groups (broad SMARTS) is 1. The van der Waals surface area contributed by atoms with Gasteiger partial charge in [-0.15, -0.1) is 0 Å². The molecule has 2 atom stereocenters. The average molecular weight is 240 g/mol. The van der Waals surface area contributed by atoms with Crippen LogP contribution >= 0.6 is 0 Å². The number of imidazole rings is 1. The monoisotopic (exact) mass is 240 g/mol. The maximum Gasteiger partial charge on any atom is 0.309 e. The van der Waals surface area contributed by atoms with E-state index in [2.05, 4.69) is 4.98 Å². The zero-order valence-electron chi connectivity index (χ0n) is 10.3. The molecule has 2 N–H and O–H groups in total. The second-order valence-electron chi connectivity index (χ2n) is 4.14. The predicted octanol–water partition coefficient (Wildman–Crippen LogP) is 1.83. The Kier molecular flexibility index (Phi) is 5.15. The number of nitrogens with zero attached hydrogens (tertiary/aromatic N) is 2. The predicted molar refractivity (Wildman–Crippen MR) is 63.5 cm³/mol. The number of carbonyl (C=O) groups is 1. The quantitative estimate of drug-likeness (QED) is 0.762. The summed E-state index contributed by atoms with van der Waals surface area (Å²) in [6.07, 6.45) is 4.37. The van der Waals surface area contributed by atoms with Crippen LogP contribution in [0.1, 0.15) is 44.9 Å². The molecular weight excluding hydrogens is 220 g/mol. The van der Waals surface area contributed by atoms with E-state index in [1.807, 2.05) is 13.8 Å². The van der Waals surface area contributed by atoms with E-state index in [0.29, 0.717) is 18.7 Å². The molecule has 1 aromatic heterocycles. The van der Waals surface area contributed by atoms with Gasteiger partial charge in [-0.2, -0.15) is 0 Å². The molecule has 17 heavy (non-hydrogen) atoms. The SMILES string of the molecule is CCCCC(C(=O)O)C(O)c1cncn1CC. The summed E-state index contributed by atoms with van der Waals surface area (Å²) in [5.41, 5.74) is 0.580. The van der Waals surface area contributed by atoms with Crippen molar-refractivity contribution in [2.45, 2.75) is 45.8 Å². The van der Waals surface area contributed by atoms with E-state index in [0.717, 1.165) is 12.8 Å². The van der Waals surface area contributed by atoms with Crippen molar-refractivity contribution in [2.24, 2.45) is 5.92 Å². The van der Waals surface area contributed by atoms with Crippen molar-refractivity contribution in [3.63, 3.8) is 0 Å². The Balaban J connectivity index is 2.83. The number of hydrogen-bond donors (Lipinski definition) is 2. The molecule has 0 aliphatic carbocycles. The standard InChI is InChI=1S/C12H20N2O3/c1-3-5-6-9(12(16)17)11(15)10-7-13-8-14(10)4-2/h7-9,11,15H,3-6H2,1-2H3,(H,16,17). The number of rotatable bonds is 7. The Hall–Kier alpha value is -1.36. The number of aryl methyl sites for hydroxylation is 1. The highest BCUT2D eigenvalue weighted by molar-refractivity contribution is 5.70. The summed E-state index contributed by atoms with van der Waals surface area (Å²) in [4.78, 5) is 15.1. The van der Waals surface area contributed by atoms with Gasteiger partial charge in [0, 0.05) is 6.54 Å². The number of unbranched alkanes of at least 4 members (excludes halogenated alkanes) is 1. The summed E-state index contributed by atoms with van der Waals surface area (Å²) in [5.74, 6) is -1.70. The lowest BCUT2D eigenvalue weighted by atomic mass is 9.94. The molecule has 0 saturated carbocycles. The van der Waals surface area contributed by atoms with Gasteiger partial charge in [0.15, 0.2) is 0 Å². The molecule has 1 heterocycles. The first-order valence-corrected chi connectivity index (χ1v) is 6.02. The molecule has 0 fully saturated rings. The molecule has 0 bridgehead atoms. The van der Waals surface area contributed by atoms with Crippen molar-refractivity contribution in [1.82, 2.24) is 9.55 Å². The third-order valence-electron chi connectivity index (χ3n) is 2.96. The van der Waals surface area contributed by atoms with Crippen LogP contribution in [0.15, 0.2) is 12.5 Å². The van der Waals surface area contributed by atoms with Gasteiger partial charge in [0.2, 0.25) is 0 Å². The van der Waals surface area contributed by atoms with Crippen LogP contribution < -0.4 is 0 Å². The highest BCUT2D eigenvalue weighted by Gasteiger charge is 2.29. The number of carboxylic acids is 1. The summed E-state index contributed by atoms with van der Waals surface area (Å²) in [6, 6.07) is 0. The molecule has 0 radical (unpaired) electrons. The molecule has 0 aliphatic rings. The fraction of sp³-hybridized carbons (Fsp3) is 0.667. The first-order valence-electron chi connectivity index (χ1n) is 6.02. The average Bonchev–Trinajstić information content (AvgIpc) is 2.76. The summed E-state index contributed by atoms with van der Waals surface area (Å²) in [6.45, 7) is 4.60. The molecule has 0 amide bonds. The summed E-state index contributed by atoms with van der Waals surface area (Å²) >= 11 is 0. The third kappa shape index (κ3) is 3.30. The van der Waals surface area contributed by atoms with Crippen LogP contribution in [0.3, 0.4) is 0 Å². The van der Waals surface area contributed by atoms with Crippen LogP contribution in [-0.4, -0.2) is 25.7 Å². The largest absolute Gasteiger partial charge is 0.481 e. The highest BCUT2D eigenvalue weighted by Crippen LogP contribution is 2.26. The van der Waals surface area contributed by atoms with Crippen LogP contribution in [0, 0.1) is 5.92 Å². The number of aliphatic hydroxyl groups is 1. The normalized spacial score (nSPS) is 14.5. The van der Waals surface area contributed by atoms with Crippen LogP contribution in [-0.2, 0) is 11.3 Å². The fourth-order valence-corrected chi connectivity index (χ4v) is 1.89. The minimum Gasteiger partial charge on any atom is -0.481 e. The molecular formula is C12H20N2O3. The van der Waals surface area contributed by atoms with Crippen molar-refractivity contribution in [3.05, 3.63) is 18.2 Å². The number of hydrogen-bond acceptors (Lipinski definition) is 3. The van der Waals surface area contributed by atoms with E-state index in [1.165, 1.54) is 6.20 Å². The van der Waals surface area contributed by atoms with Gasteiger partial charge in [-0.3, -0.25) is 4.79 Å². The lowest BCUT2D eigenvalue weighted by Gasteiger charge is -2.19. The Bertz CT molecular complexity index is 362. The van der Waals surface area contributed by atoms with E-state index < -0.39 is 18.0 Å². The zero-order valence-corrected chi connectivity index (χ0v) is 10.3.